The van der Waals surface area contributed by atoms with Gasteiger partial charge in [-0.05, 0) is 37.3 Å². The Labute approximate surface area is 162 Å². The number of rotatable bonds is 7. The molecule has 5 nitrogen and oxygen atoms in total. The molecule has 0 aliphatic carbocycles. The van der Waals surface area contributed by atoms with Crippen LogP contribution in [0.15, 0.2) is 52.9 Å². The van der Waals surface area contributed by atoms with Crippen molar-refractivity contribution in [3.63, 3.8) is 0 Å². The van der Waals surface area contributed by atoms with Crippen molar-refractivity contribution < 1.29 is 18.7 Å². The van der Waals surface area contributed by atoms with Crippen LogP contribution in [-0.2, 0) is 4.79 Å². The number of amides is 1. The smallest absolute Gasteiger partial charge is 0.258 e. The first-order valence-corrected chi connectivity index (χ1v) is 9.09. The lowest BCUT2D eigenvalue weighted by Crippen LogP contribution is -2.31. The van der Waals surface area contributed by atoms with E-state index in [0.29, 0.717) is 28.5 Å². The molecule has 3 rings (SSSR count). The molecule has 0 bridgehead atoms. The Morgan fingerprint density at radius 1 is 1.19 bits per heavy atom. The van der Waals surface area contributed by atoms with Gasteiger partial charge in [-0.1, -0.05) is 36.7 Å². The molecule has 0 spiro atoms. The number of halogens is 1. The van der Waals surface area contributed by atoms with E-state index in [9.17, 15) is 9.59 Å². The number of ether oxygens (including phenoxy) is 1. The fraction of sp³-hybridized carbons (Fsp3) is 0.238. The Balaban J connectivity index is 1.63. The summed E-state index contributed by atoms with van der Waals surface area (Å²) in [5.41, 5.74) is 1.15. The van der Waals surface area contributed by atoms with E-state index in [2.05, 4.69) is 5.32 Å². The zero-order chi connectivity index (χ0) is 19.4. The zero-order valence-electron chi connectivity index (χ0n) is 15.1. The van der Waals surface area contributed by atoms with Crippen molar-refractivity contribution in [2.45, 2.75) is 26.3 Å². The molecule has 0 saturated heterocycles. The molecular weight excluding hydrogens is 366 g/mol. The summed E-state index contributed by atoms with van der Waals surface area (Å²) in [5.74, 6) is 0.604. The van der Waals surface area contributed by atoms with Crippen LogP contribution >= 0.6 is 11.6 Å². The minimum atomic E-state index is -0.312. The molecule has 1 heterocycles. The van der Waals surface area contributed by atoms with Crippen LogP contribution in [0.3, 0.4) is 0 Å². The van der Waals surface area contributed by atoms with E-state index in [4.69, 9.17) is 20.8 Å². The van der Waals surface area contributed by atoms with Crippen LogP contribution in [0.5, 0.6) is 5.75 Å². The Morgan fingerprint density at radius 2 is 1.96 bits per heavy atom. The van der Waals surface area contributed by atoms with Gasteiger partial charge in [-0.25, -0.2) is 0 Å². The number of hydrogen-bond donors (Lipinski definition) is 1. The number of hydrogen-bond acceptors (Lipinski definition) is 4. The van der Waals surface area contributed by atoms with Gasteiger partial charge >= 0.3 is 0 Å². The third-order valence-corrected chi connectivity index (χ3v) is 4.41. The maximum absolute atomic E-state index is 12.2. The van der Waals surface area contributed by atoms with E-state index in [-0.39, 0.29) is 24.3 Å². The molecule has 0 aliphatic heterocycles. The maximum Gasteiger partial charge on any atom is 0.258 e. The average Bonchev–Trinajstić information content (AvgIpc) is 3.10. The van der Waals surface area contributed by atoms with Crippen LogP contribution in [0.1, 0.15) is 42.4 Å². The molecule has 0 aliphatic rings. The van der Waals surface area contributed by atoms with Crippen LogP contribution in [0.4, 0.5) is 0 Å². The number of benzene rings is 2. The predicted molar refractivity (Wildman–Crippen MR) is 104 cm³/mol. The fourth-order valence-corrected chi connectivity index (χ4v) is 2.92. The second kappa shape index (κ2) is 8.27. The Kier molecular flexibility index (Phi) is 5.81. The van der Waals surface area contributed by atoms with Gasteiger partial charge in [0.2, 0.25) is 0 Å². The summed E-state index contributed by atoms with van der Waals surface area (Å²) in [6.45, 7) is 3.38. The van der Waals surface area contributed by atoms with Gasteiger partial charge in [0.25, 0.3) is 5.91 Å². The van der Waals surface area contributed by atoms with Gasteiger partial charge in [-0.2, -0.15) is 0 Å². The van der Waals surface area contributed by atoms with E-state index in [1.807, 2.05) is 37.3 Å². The summed E-state index contributed by atoms with van der Waals surface area (Å²) >= 11 is 5.95. The van der Waals surface area contributed by atoms with Gasteiger partial charge in [0.05, 0.1) is 11.6 Å². The fourth-order valence-electron chi connectivity index (χ4n) is 2.75. The molecule has 27 heavy (non-hydrogen) atoms. The Morgan fingerprint density at radius 3 is 2.70 bits per heavy atom. The first-order valence-electron chi connectivity index (χ1n) is 8.71. The number of furan rings is 1. The van der Waals surface area contributed by atoms with E-state index < -0.39 is 0 Å². The molecule has 3 aromatic rings. The van der Waals surface area contributed by atoms with E-state index in [1.165, 1.54) is 0 Å². The monoisotopic (exact) mass is 385 g/mol. The highest BCUT2D eigenvalue weighted by Crippen LogP contribution is 2.25. The molecule has 1 aromatic heterocycles. The molecular formula is C21H20ClNO4. The molecule has 1 N–H and O–H groups in total. The molecule has 1 unspecified atom stereocenters. The summed E-state index contributed by atoms with van der Waals surface area (Å²) in [4.78, 5) is 24.3. The first-order chi connectivity index (χ1) is 13.0. The van der Waals surface area contributed by atoms with E-state index in [0.717, 1.165) is 11.0 Å². The number of Topliss-reactive ketones (excluding diaryl/α,β-unsaturated/α-hetero) is 1. The lowest BCUT2D eigenvalue weighted by molar-refractivity contribution is -0.123. The second-order valence-electron chi connectivity index (χ2n) is 6.18. The van der Waals surface area contributed by atoms with Crippen molar-refractivity contribution in [3.05, 3.63) is 64.9 Å². The van der Waals surface area contributed by atoms with Gasteiger partial charge in [0, 0.05) is 16.8 Å². The van der Waals surface area contributed by atoms with Crippen LogP contribution in [0.25, 0.3) is 11.0 Å². The topological polar surface area (TPSA) is 68.5 Å². The number of carbonyl (C=O) groups is 2. The molecule has 140 valence electrons. The number of ketones is 1. The van der Waals surface area contributed by atoms with Gasteiger partial charge in [-0.3, -0.25) is 9.59 Å². The largest absolute Gasteiger partial charge is 0.483 e. The van der Waals surface area contributed by atoms with E-state index in [1.54, 1.807) is 25.1 Å². The summed E-state index contributed by atoms with van der Waals surface area (Å²) in [5, 5.41) is 4.26. The van der Waals surface area contributed by atoms with E-state index >= 15 is 0 Å². The van der Waals surface area contributed by atoms with Crippen molar-refractivity contribution in [2.24, 2.45) is 0 Å². The summed E-state index contributed by atoms with van der Waals surface area (Å²) in [6, 6.07) is 14.0. The van der Waals surface area contributed by atoms with Crippen LogP contribution in [0.2, 0.25) is 5.02 Å². The Bertz CT molecular complexity index is 946. The number of carbonyl (C=O) groups excluding carboxylic acids is 2. The first kappa shape index (κ1) is 19.0. The quantitative estimate of drug-likeness (QED) is 0.585. The van der Waals surface area contributed by atoms with Crippen molar-refractivity contribution in [1.82, 2.24) is 5.32 Å². The maximum atomic E-state index is 12.2. The van der Waals surface area contributed by atoms with Crippen molar-refractivity contribution in [3.8, 4) is 5.75 Å². The molecule has 0 fully saturated rings. The van der Waals surface area contributed by atoms with Crippen molar-refractivity contribution >= 4 is 34.3 Å². The van der Waals surface area contributed by atoms with Gasteiger partial charge < -0.3 is 14.5 Å². The van der Waals surface area contributed by atoms with Crippen molar-refractivity contribution in [1.29, 1.82) is 0 Å². The highest BCUT2D eigenvalue weighted by Gasteiger charge is 2.16. The predicted octanol–water partition coefficient (Wildman–Crippen LogP) is 4.94. The highest BCUT2D eigenvalue weighted by atomic mass is 35.5. The number of nitrogens with one attached hydrogen (secondary N) is 1. The van der Waals surface area contributed by atoms with Crippen molar-refractivity contribution in [2.75, 3.05) is 6.61 Å². The molecule has 0 saturated carbocycles. The lowest BCUT2D eigenvalue weighted by atomic mass is 10.1. The second-order valence-corrected chi connectivity index (χ2v) is 6.62. The minimum absolute atomic E-state index is 0.0939. The SMILES string of the molecule is CCC(=O)c1cc(Cl)ccc1OCC(=O)NC(C)c1cc2ccccc2o1. The van der Waals surface area contributed by atoms with Gasteiger partial charge in [0.15, 0.2) is 12.4 Å². The van der Waals surface area contributed by atoms with Crippen LogP contribution in [0, 0.1) is 0 Å². The highest BCUT2D eigenvalue weighted by molar-refractivity contribution is 6.31. The van der Waals surface area contributed by atoms with Crippen LogP contribution < -0.4 is 10.1 Å². The summed E-state index contributed by atoms with van der Waals surface area (Å²) in [6.07, 6.45) is 0.325. The number of para-hydroxylation sites is 1. The standard InChI is InChI=1S/C21H20ClNO4/c1-3-17(24)16-11-15(22)8-9-19(16)26-12-21(25)23-13(2)20-10-14-6-4-5-7-18(14)27-20/h4-11,13H,3,12H2,1-2H3,(H,23,25). The molecule has 6 heteroatoms. The zero-order valence-corrected chi connectivity index (χ0v) is 15.9. The summed E-state index contributed by atoms with van der Waals surface area (Å²) < 4.78 is 11.3. The van der Waals surface area contributed by atoms with Gasteiger partial charge in [-0.15, -0.1) is 0 Å². The third-order valence-electron chi connectivity index (χ3n) is 4.17. The normalized spacial score (nSPS) is 12.0. The lowest BCUT2D eigenvalue weighted by Gasteiger charge is -2.13. The van der Waals surface area contributed by atoms with Gasteiger partial charge in [0.1, 0.15) is 17.1 Å². The Hall–Kier alpha value is -2.79. The molecule has 2 aromatic carbocycles. The average molecular weight is 386 g/mol. The minimum Gasteiger partial charge on any atom is -0.483 e. The number of fused-ring (bicyclic) bond motifs is 1. The molecule has 1 amide bonds. The molecule has 0 radical (unpaired) electrons. The third kappa shape index (κ3) is 4.49. The summed E-state index contributed by atoms with van der Waals surface area (Å²) in [7, 11) is 0. The van der Waals surface area contributed by atoms with Crippen LogP contribution in [-0.4, -0.2) is 18.3 Å². The molecule has 1 atom stereocenters.